The molecular weight excluding hydrogens is 470 g/mol. The normalized spacial score (nSPS) is 16.6. The van der Waals surface area contributed by atoms with E-state index in [1.54, 1.807) is 66.7 Å². The first-order valence-electron chi connectivity index (χ1n) is 12.4. The van der Waals surface area contributed by atoms with Crippen molar-refractivity contribution in [1.82, 2.24) is 0 Å². The van der Waals surface area contributed by atoms with Gasteiger partial charge in [-0.15, -0.1) is 0 Å². The van der Waals surface area contributed by atoms with Crippen molar-refractivity contribution in [2.45, 2.75) is 32.7 Å². The zero-order chi connectivity index (χ0) is 26.4. The highest BCUT2D eigenvalue weighted by Crippen LogP contribution is 2.45. The Kier molecular flexibility index (Phi) is 8.13. The van der Waals surface area contributed by atoms with E-state index in [9.17, 15) is 14.7 Å². The topological polar surface area (TPSA) is 85.3 Å². The predicted molar refractivity (Wildman–Crippen MR) is 142 cm³/mol. The molecule has 0 saturated carbocycles. The molecule has 1 saturated heterocycles. The average molecular weight is 502 g/mol. The standard InChI is InChI=1S/C30H31NO6/c1-4-17-36-22-15-13-20(14-16-22)28(32)26-27(24-11-6-7-12-25(24)35-3)31(30(34)29(26)33)21-9-8-10-23(19-21)37-18-5-2/h6-16,19,27,32H,4-5,17-18H2,1-3H3/b28-26+. The van der Waals surface area contributed by atoms with Crippen LogP contribution in [0.1, 0.15) is 43.9 Å². The molecule has 0 aromatic heterocycles. The maximum Gasteiger partial charge on any atom is 0.300 e. The lowest BCUT2D eigenvalue weighted by atomic mass is 9.94. The van der Waals surface area contributed by atoms with E-state index in [2.05, 4.69) is 0 Å². The molecule has 4 rings (SSSR count). The Labute approximate surface area is 216 Å². The first-order chi connectivity index (χ1) is 18.0. The summed E-state index contributed by atoms with van der Waals surface area (Å²) in [4.78, 5) is 28.3. The Morgan fingerprint density at radius 3 is 2.22 bits per heavy atom. The van der Waals surface area contributed by atoms with Crippen LogP contribution in [0.15, 0.2) is 78.4 Å². The van der Waals surface area contributed by atoms with Crippen molar-refractivity contribution in [2.24, 2.45) is 0 Å². The van der Waals surface area contributed by atoms with Crippen molar-refractivity contribution >= 4 is 23.1 Å². The molecule has 0 bridgehead atoms. The van der Waals surface area contributed by atoms with Crippen molar-refractivity contribution in [3.05, 3.63) is 89.5 Å². The lowest BCUT2D eigenvalue weighted by Gasteiger charge is -2.27. The number of Topliss-reactive ketones (excluding diaryl/α,β-unsaturated/α-hetero) is 1. The lowest BCUT2D eigenvalue weighted by Crippen LogP contribution is -2.29. The van der Waals surface area contributed by atoms with E-state index < -0.39 is 17.7 Å². The molecule has 1 unspecified atom stereocenters. The molecule has 1 amide bonds. The highest BCUT2D eigenvalue weighted by atomic mass is 16.5. The molecule has 1 heterocycles. The summed E-state index contributed by atoms with van der Waals surface area (Å²) in [6, 6.07) is 20.1. The maximum absolute atomic E-state index is 13.5. The molecule has 37 heavy (non-hydrogen) atoms. The van der Waals surface area contributed by atoms with Crippen LogP contribution in [0.5, 0.6) is 17.2 Å². The largest absolute Gasteiger partial charge is 0.507 e. The molecule has 1 aliphatic rings. The Bertz CT molecular complexity index is 1300. The van der Waals surface area contributed by atoms with Crippen LogP contribution >= 0.6 is 0 Å². The van der Waals surface area contributed by atoms with Crippen LogP contribution in [-0.4, -0.2) is 37.1 Å². The van der Waals surface area contributed by atoms with Crippen LogP contribution in [0.25, 0.3) is 5.76 Å². The minimum absolute atomic E-state index is 0.0170. The van der Waals surface area contributed by atoms with Gasteiger partial charge in [-0.05, 0) is 55.3 Å². The summed E-state index contributed by atoms with van der Waals surface area (Å²) in [5.74, 6) is -0.0523. The number of ketones is 1. The number of anilines is 1. The SMILES string of the molecule is CCCOc1ccc(/C(O)=C2\C(=O)C(=O)N(c3cccc(OCCC)c3)C2c2ccccc2OC)cc1. The van der Waals surface area contributed by atoms with Crippen LogP contribution in [0.2, 0.25) is 0 Å². The number of ether oxygens (including phenoxy) is 3. The van der Waals surface area contributed by atoms with Gasteiger partial charge in [0.2, 0.25) is 0 Å². The summed E-state index contributed by atoms with van der Waals surface area (Å²) in [7, 11) is 1.53. The predicted octanol–water partition coefficient (Wildman–Crippen LogP) is 5.90. The Balaban J connectivity index is 1.86. The fourth-order valence-corrected chi connectivity index (χ4v) is 4.31. The number of hydrogen-bond acceptors (Lipinski definition) is 6. The molecule has 3 aromatic carbocycles. The van der Waals surface area contributed by atoms with Crippen molar-refractivity contribution in [3.8, 4) is 17.2 Å². The monoisotopic (exact) mass is 501 g/mol. The highest BCUT2D eigenvalue weighted by molar-refractivity contribution is 6.51. The van der Waals surface area contributed by atoms with E-state index in [0.717, 1.165) is 12.8 Å². The Morgan fingerprint density at radius 2 is 1.54 bits per heavy atom. The molecule has 1 N–H and O–H groups in total. The Morgan fingerprint density at radius 1 is 0.865 bits per heavy atom. The maximum atomic E-state index is 13.5. The smallest absolute Gasteiger partial charge is 0.300 e. The quantitative estimate of drug-likeness (QED) is 0.212. The highest BCUT2D eigenvalue weighted by Gasteiger charge is 2.48. The van der Waals surface area contributed by atoms with Crippen LogP contribution in [-0.2, 0) is 9.59 Å². The number of carbonyl (C=O) groups is 2. The van der Waals surface area contributed by atoms with Gasteiger partial charge in [-0.25, -0.2) is 0 Å². The summed E-state index contributed by atoms with van der Waals surface area (Å²) < 4.78 is 17.0. The summed E-state index contributed by atoms with van der Waals surface area (Å²) in [5.41, 5.74) is 1.45. The van der Waals surface area contributed by atoms with Gasteiger partial charge in [0.15, 0.2) is 0 Å². The molecule has 0 spiro atoms. The number of aliphatic hydroxyl groups excluding tert-OH is 1. The molecule has 1 fully saturated rings. The number of benzene rings is 3. The number of hydrogen-bond donors (Lipinski definition) is 1. The minimum atomic E-state index is -0.909. The fraction of sp³-hybridized carbons (Fsp3) is 0.267. The van der Waals surface area contributed by atoms with Gasteiger partial charge in [-0.1, -0.05) is 38.1 Å². The molecule has 192 valence electrons. The molecule has 0 aliphatic carbocycles. The second kappa shape index (κ2) is 11.6. The van der Waals surface area contributed by atoms with Crippen LogP contribution < -0.4 is 19.1 Å². The van der Waals surface area contributed by atoms with Gasteiger partial charge in [0.1, 0.15) is 23.0 Å². The first-order valence-corrected chi connectivity index (χ1v) is 12.4. The lowest BCUT2D eigenvalue weighted by molar-refractivity contribution is -0.132. The Hall–Kier alpha value is -4.26. The number of para-hydroxylation sites is 1. The molecular formula is C30H31NO6. The third-order valence-corrected chi connectivity index (χ3v) is 6.05. The molecule has 7 heteroatoms. The number of rotatable bonds is 10. The number of methoxy groups -OCH3 is 1. The van der Waals surface area contributed by atoms with Gasteiger partial charge in [-0.3, -0.25) is 14.5 Å². The van der Waals surface area contributed by atoms with E-state index in [1.807, 2.05) is 19.9 Å². The van der Waals surface area contributed by atoms with Crippen molar-refractivity contribution in [3.63, 3.8) is 0 Å². The van der Waals surface area contributed by atoms with E-state index in [0.29, 0.717) is 47.3 Å². The fourth-order valence-electron chi connectivity index (χ4n) is 4.31. The minimum Gasteiger partial charge on any atom is -0.507 e. The molecule has 1 aliphatic heterocycles. The van der Waals surface area contributed by atoms with Gasteiger partial charge >= 0.3 is 0 Å². The third kappa shape index (κ3) is 5.31. The summed E-state index contributed by atoms with van der Waals surface area (Å²) in [5, 5.41) is 11.4. The summed E-state index contributed by atoms with van der Waals surface area (Å²) in [6.07, 6.45) is 1.70. The van der Waals surface area contributed by atoms with Crippen molar-refractivity contribution in [1.29, 1.82) is 0 Å². The third-order valence-electron chi connectivity index (χ3n) is 6.05. The van der Waals surface area contributed by atoms with Crippen LogP contribution in [0.3, 0.4) is 0 Å². The van der Waals surface area contributed by atoms with Gasteiger partial charge in [-0.2, -0.15) is 0 Å². The number of amides is 1. The molecule has 3 aromatic rings. The van der Waals surface area contributed by atoms with Gasteiger partial charge in [0.05, 0.1) is 31.9 Å². The zero-order valence-corrected chi connectivity index (χ0v) is 21.3. The second-order valence-corrected chi connectivity index (χ2v) is 8.63. The van der Waals surface area contributed by atoms with Gasteiger partial charge < -0.3 is 19.3 Å². The van der Waals surface area contributed by atoms with Crippen molar-refractivity contribution in [2.75, 3.05) is 25.2 Å². The second-order valence-electron chi connectivity index (χ2n) is 8.63. The van der Waals surface area contributed by atoms with Crippen LogP contribution in [0.4, 0.5) is 5.69 Å². The van der Waals surface area contributed by atoms with E-state index in [-0.39, 0.29) is 11.3 Å². The van der Waals surface area contributed by atoms with Gasteiger partial charge in [0, 0.05) is 22.9 Å². The summed E-state index contributed by atoms with van der Waals surface area (Å²) >= 11 is 0. The average Bonchev–Trinajstić information content (AvgIpc) is 3.20. The van der Waals surface area contributed by atoms with E-state index in [4.69, 9.17) is 14.2 Å². The van der Waals surface area contributed by atoms with Crippen molar-refractivity contribution < 1.29 is 28.9 Å². The first kappa shape index (κ1) is 25.8. The summed E-state index contributed by atoms with van der Waals surface area (Å²) in [6.45, 7) is 5.12. The number of aliphatic hydroxyl groups is 1. The number of carbonyl (C=O) groups excluding carboxylic acids is 2. The molecule has 0 radical (unpaired) electrons. The zero-order valence-electron chi connectivity index (χ0n) is 21.3. The van der Waals surface area contributed by atoms with Gasteiger partial charge in [0.25, 0.3) is 11.7 Å². The molecule has 7 nitrogen and oxygen atoms in total. The number of nitrogens with zero attached hydrogens (tertiary/aromatic N) is 1. The molecule has 1 atom stereocenters. The van der Waals surface area contributed by atoms with E-state index >= 15 is 0 Å². The van der Waals surface area contributed by atoms with E-state index in [1.165, 1.54) is 12.0 Å². The van der Waals surface area contributed by atoms with Crippen LogP contribution in [0, 0.1) is 0 Å².